The number of benzene rings is 1. The smallest absolute Gasteiger partial charge is 0.264 e. The second kappa shape index (κ2) is 12.0. The molecule has 0 bridgehead atoms. The van der Waals surface area contributed by atoms with Crippen molar-refractivity contribution in [3.8, 4) is 39.8 Å². The van der Waals surface area contributed by atoms with Gasteiger partial charge in [-0.25, -0.2) is 0 Å². The van der Waals surface area contributed by atoms with E-state index >= 15 is 0 Å². The zero-order valence-corrected chi connectivity index (χ0v) is 21.4. The largest absolute Gasteiger partial charge is 0.506 e. The van der Waals surface area contributed by atoms with E-state index in [4.69, 9.17) is 13.9 Å². The van der Waals surface area contributed by atoms with Gasteiger partial charge in [-0.2, -0.15) is 0 Å². The minimum Gasteiger partial charge on any atom is -0.506 e. The second-order valence-corrected chi connectivity index (χ2v) is 8.45. The van der Waals surface area contributed by atoms with Crippen molar-refractivity contribution in [1.82, 2.24) is 25.5 Å². The number of carbonyl (C=O) groups is 1. The summed E-state index contributed by atoms with van der Waals surface area (Å²) in [5.41, 5.74) is 1.22. The van der Waals surface area contributed by atoms with E-state index in [2.05, 4.69) is 25.5 Å². The molecule has 4 rings (SSSR count). The summed E-state index contributed by atoms with van der Waals surface area (Å²) in [5.74, 6) is 0.177. The van der Waals surface area contributed by atoms with Gasteiger partial charge in [0.25, 0.3) is 11.4 Å². The van der Waals surface area contributed by atoms with E-state index in [1.54, 1.807) is 42.6 Å². The van der Waals surface area contributed by atoms with Crippen LogP contribution < -0.4 is 20.3 Å². The molecule has 198 valence electrons. The van der Waals surface area contributed by atoms with Crippen molar-refractivity contribution in [2.75, 3.05) is 14.2 Å². The van der Waals surface area contributed by atoms with Gasteiger partial charge in [0.1, 0.15) is 22.8 Å². The van der Waals surface area contributed by atoms with Crippen LogP contribution in [0, 0.1) is 0 Å². The second-order valence-electron chi connectivity index (χ2n) is 8.45. The molecule has 3 aromatic heterocycles. The minimum atomic E-state index is -0.583. The number of aromatic nitrogens is 4. The first-order valence-corrected chi connectivity index (χ1v) is 12.2. The summed E-state index contributed by atoms with van der Waals surface area (Å²) in [5, 5.41) is 22.0. The Hall–Kier alpha value is -4.67. The number of nitrogens with one attached hydrogen (secondary N) is 2. The molecule has 1 aromatic carbocycles. The Bertz CT molecular complexity index is 1440. The Morgan fingerprint density at radius 2 is 1.82 bits per heavy atom. The average molecular weight is 520 g/mol. The molecule has 0 aliphatic carbocycles. The van der Waals surface area contributed by atoms with Crippen molar-refractivity contribution in [2.24, 2.45) is 0 Å². The molecule has 11 heteroatoms. The lowest BCUT2D eigenvalue weighted by Gasteiger charge is -2.18. The lowest BCUT2D eigenvalue weighted by molar-refractivity contribution is -0.120. The number of methoxy groups -OCH3 is 2. The minimum absolute atomic E-state index is 0.0564. The number of aromatic hydroxyl groups is 1. The van der Waals surface area contributed by atoms with E-state index < -0.39 is 5.56 Å². The lowest BCUT2D eigenvalue weighted by atomic mass is 9.96. The number of unbranched alkanes of at least 4 members (excludes halogenated alkanes) is 1. The molecular formula is C27H29N5O6. The van der Waals surface area contributed by atoms with Crippen molar-refractivity contribution in [1.29, 1.82) is 0 Å². The molecule has 0 aliphatic heterocycles. The van der Waals surface area contributed by atoms with Crippen LogP contribution in [0.5, 0.6) is 17.2 Å². The highest BCUT2D eigenvalue weighted by Gasteiger charge is 2.27. The number of aryl methyl sites for hydroxylation is 1. The molecule has 3 heterocycles. The summed E-state index contributed by atoms with van der Waals surface area (Å²) < 4.78 is 16.8. The maximum absolute atomic E-state index is 13.1. The number of hydrogen-bond donors (Lipinski definition) is 3. The van der Waals surface area contributed by atoms with E-state index in [1.165, 1.54) is 14.2 Å². The number of hydrogen-bond acceptors (Lipinski definition) is 9. The predicted octanol–water partition coefficient (Wildman–Crippen LogP) is 3.41. The maximum atomic E-state index is 13.1. The first-order chi connectivity index (χ1) is 18.5. The molecule has 4 aromatic rings. The number of aromatic amines is 1. The fraction of sp³-hybridized carbons (Fsp3) is 0.296. The molecule has 0 fully saturated rings. The van der Waals surface area contributed by atoms with Gasteiger partial charge in [0, 0.05) is 17.6 Å². The van der Waals surface area contributed by atoms with Crippen molar-refractivity contribution in [3.05, 3.63) is 70.2 Å². The molecule has 0 saturated heterocycles. The van der Waals surface area contributed by atoms with Crippen LogP contribution in [0.15, 0.2) is 51.8 Å². The van der Waals surface area contributed by atoms with Crippen LogP contribution in [0.25, 0.3) is 22.6 Å². The van der Waals surface area contributed by atoms with E-state index in [0.29, 0.717) is 40.4 Å². The Morgan fingerprint density at radius 3 is 2.47 bits per heavy atom. The van der Waals surface area contributed by atoms with Gasteiger partial charge >= 0.3 is 0 Å². The van der Waals surface area contributed by atoms with Crippen LogP contribution in [-0.4, -0.2) is 45.4 Å². The average Bonchev–Trinajstić information content (AvgIpc) is 3.39. The third kappa shape index (κ3) is 5.66. The molecule has 0 aliphatic rings. The zero-order valence-electron chi connectivity index (χ0n) is 21.4. The standard InChI is InChI=1S/C27H29N5O6/c1-4-5-10-17-22(23-18(36-2)11-8-12-19(23)37-3)25(34)24(26(35)30-17)27-32-31-21(38-27)15-29-20(33)14-16-9-6-7-13-28-16/h6-9,11-13H,4-5,10,14-15H2,1-3H3,(H,29,33)(H2,30,34,35). The number of nitrogens with zero attached hydrogens (tertiary/aromatic N) is 3. The molecule has 1 amide bonds. The van der Waals surface area contributed by atoms with E-state index in [9.17, 15) is 14.7 Å². The predicted molar refractivity (Wildman–Crippen MR) is 139 cm³/mol. The highest BCUT2D eigenvalue weighted by Crippen LogP contribution is 2.46. The molecule has 3 N–H and O–H groups in total. The topological polar surface area (TPSA) is 152 Å². The van der Waals surface area contributed by atoms with Gasteiger partial charge in [-0.05, 0) is 37.1 Å². The Kier molecular flexibility index (Phi) is 8.37. The van der Waals surface area contributed by atoms with Crippen molar-refractivity contribution in [3.63, 3.8) is 0 Å². The van der Waals surface area contributed by atoms with E-state index in [0.717, 1.165) is 12.8 Å². The number of H-pyrrole nitrogens is 1. The molecule has 0 radical (unpaired) electrons. The molecule has 0 atom stereocenters. The first-order valence-electron chi connectivity index (χ1n) is 12.2. The van der Waals surface area contributed by atoms with Crippen LogP contribution in [0.3, 0.4) is 0 Å². The first kappa shape index (κ1) is 26.4. The maximum Gasteiger partial charge on any atom is 0.264 e. The SMILES string of the molecule is CCCCc1[nH]c(=O)c(-c2nnc(CNC(=O)Cc3ccccn3)o2)c(O)c1-c1c(OC)cccc1OC. The summed E-state index contributed by atoms with van der Waals surface area (Å²) in [7, 11) is 3.03. The number of carbonyl (C=O) groups excluding carboxylic acids is 1. The fourth-order valence-electron chi connectivity index (χ4n) is 4.07. The van der Waals surface area contributed by atoms with Crippen LogP contribution in [-0.2, 0) is 24.2 Å². The zero-order chi connectivity index (χ0) is 27.1. The summed E-state index contributed by atoms with van der Waals surface area (Å²) in [6.07, 6.45) is 3.87. The quantitative estimate of drug-likeness (QED) is 0.271. The van der Waals surface area contributed by atoms with Crippen LogP contribution in [0.1, 0.15) is 37.0 Å². The van der Waals surface area contributed by atoms with Gasteiger partial charge in [0.05, 0.1) is 38.3 Å². The van der Waals surface area contributed by atoms with Gasteiger partial charge < -0.3 is 29.3 Å². The van der Waals surface area contributed by atoms with Crippen LogP contribution in [0.4, 0.5) is 0 Å². The highest BCUT2D eigenvalue weighted by molar-refractivity contribution is 5.87. The Labute approximate surface area is 218 Å². The van der Waals surface area contributed by atoms with Gasteiger partial charge in [-0.15, -0.1) is 10.2 Å². The van der Waals surface area contributed by atoms with E-state index in [1.807, 2.05) is 6.92 Å². The number of ether oxygens (including phenoxy) is 2. The van der Waals surface area contributed by atoms with Crippen molar-refractivity contribution >= 4 is 5.91 Å². The Morgan fingerprint density at radius 1 is 1.05 bits per heavy atom. The van der Waals surface area contributed by atoms with Gasteiger partial charge in [-0.1, -0.05) is 25.5 Å². The Balaban J connectivity index is 1.69. The van der Waals surface area contributed by atoms with Crippen molar-refractivity contribution in [2.45, 2.75) is 39.2 Å². The van der Waals surface area contributed by atoms with Crippen LogP contribution in [0.2, 0.25) is 0 Å². The monoisotopic (exact) mass is 519 g/mol. The highest BCUT2D eigenvalue weighted by atomic mass is 16.5. The normalized spacial score (nSPS) is 10.8. The summed E-state index contributed by atoms with van der Waals surface area (Å²) >= 11 is 0. The number of pyridine rings is 2. The number of amides is 1. The molecule has 38 heavy (non-hydrogen) atoms. The lowest BCUT2D eigenvalue weighted by Crippen LogP contribution is -2.25. The third-order valence-electron chi connectivity index (χ3n) is 5.91. The van der Waals surface area contributed by atoms with Gasteiger partial charge in [0.2, 0.25) is 11.8 Å². The van der Waals surface area contributed by atoms with Gasteiger partial charge in [-0.3, -0.25) is 14.6 Å². The summed E-state index contributed by atoms with van der Waals surface area (Å²) in [6.45, 7) is 1.98. The molecule has 0 saturated carbocycles. The molecule has 0 spiro atoms. The number of rotatable bonds is 11. The summed E-state index contributed by atoms with van der Waals surface area (Å²) in [6, 6.07) is 10.6. The summed E-state index contributed by atoms with van der Waals surface area (Å²) in [4.78, 5) is 32.4. The molecule has 0 unspecified atom stereocenters. The molecule has 11 nitrogen and oxygen atoms in total. The van der Waals surface area contributed by atoms with Crippen molar-refractivity contribution < 1.29 is 23.8 Å². The fourth-order valence-corrected chi connectivity index (χ4v) is 4.07. The van der Waals surface area contributed by atoms with E-state index in [-0.39, 0.29) is 42.0 Å². The third-order valence-corrected chi connectivity index (χ3v) is 5.91. The van der Waals surface area contributed by atoms with Gasteiger partial charge in [0.15, 0.2) is 0 Å². The molecular weight excluding hydrogens is 490 g/mol. The van der Waals surface area contributed by atoms with Crippen LogP contribution >= 0.6 is 0 Å².